The highest BCUT2D eigenvalue weighted by atomic mass is 35.5. The lowest BCUT2D eigenvalue weighted by molar-refractivity contribution is -0.119. The van der Waals surface area contributed by atoms with Gasteiger partial charge in [0.05, 0.1) is 10.6 Å². The molecule has 23 heavy (non-hydrogen) atoms. The minimum Gasteiger partial charge on any atom is -0.452 e. The zero-order valence-electron chi connectivity index (χ0n) is 12.7. The van der Waals surface area contributed by atoms with Gasteiger partial charge in [0.15, 0.2) is 6.61 Å². The number of carbonyl (C=O) groups is 2. The van der Waals surface area contributed by atoms with Crippen LogP contribution in [0.3, 0.4) is 0 Å². The Bertz CT molecular complexity index is 759. The number of carbonyl (C=O) groups excluding carboxylic acids is 2. The highest BCUT2D eigenvalue weighted by Crippen LogP contribution is 2.22. The predicted octanol–water partition coefficient (Wildman–Crippen LogP) is 4.41. The lowest BCUT2D eigenvalue weighted by Crippen LogP contribution is -2.21. The van der Waals surface area contributed by atoms with Gasteiger partial charge in [0.25, 0.3) is 5.91 Å². The average Bonchev–Trinajstić information content (AvgIpc) is 2.49. The number of rotatable bonds is 4. The summed E-state index contributed by atoms with van der Waals surface area (Å²) in [7, 11) is 0. The van der Waals surface area contributed by atoms with Crippen molar-refractivity contribution in [3.8, 4) is 0 Å². The third kappa shape index (κ3) is 4.47. The van der Waals surface area contributed by atoms with Crippen LogP contribution in [0.4, 0.5) is 5.69 Å². The van der Waals surface area contributed by atoms with Gasteiger partial charge in [-0.2, -0.15) is 0 Å². The van der Waals surface area contributed by atoms with E-state index in [2.05, 4.69) is 5.32 Å². The molecule has 0 atom stereocenters. The Morgan fingerprint density at radius 1 is 1.13 bits per heavy atom. The summed E-state index contributed by atoms with van der Waals surface area (Å²) in [6, 6.07) is 10.0. The van der Waals surface area contributed by atoms with Gasteiger partial charge in [0, 0.05) is 10.7 Å². The molecule has 2 rings (SSSR count). The van der Waals surface area contributed by atoms with Crippen molar-refractivity contribution in [2.24, 2.45) is 0 Å². The monoisotopic (exact) mass is 351 g/mol. The van der Waals surface area contributed by atoms with Crippen molar-refractivity contribution in [1.82, 2.24) is 0 Å². The summed E-state index contributed by atoms with van der Waals surface area (Å²) in [4.78, 5) is 23.8. The van der Waals surface area contributed by atoms with Crippen LogP contribution in [0.5, 0.6) is 0 Å². The first-order valence-electron chi connectivity index (χ1n) is 6.86. The molecule has 4 nitrogen and oxygen atoms in total. The van der Waals surface area contributed by atoms with Crippen LogP contribution in [0.25, 0.3) is 0 Å². The van der Waals surface area contributed by atoms with Crippen molar-refractivity contribution in [1.29, 1.82) is 0 Å². The molecule has 2 aromatic carbocycles. The van der Waals surface area contributed by atoms with Crippen molar-refractivity contribution in [2.75, 3.05) is 11.9 Å². The molecule has 0 spiro atoms. The number of ether oxygens (including phenoxy) is 1. The maximum atomic E-state index is 11.9. The van der Waals surface area contributed by atoms with Crippen LogP contribution in [-0.4, -0.2) is 18.5 Å². The van der Waals surface area contributed by atoms with Gasteiger partial charge in [0.2, 0.25) is 0 Å². The van der Waals surface area contributed by atoms with E-state index in [9.17, 15) is 9.59 Å². The maximum absolute atomic E-state index is 11.9. The van der Waals surface area contributed by atoms with Gasteiger partial charge in [-0.1, -0.05) is 35.3 Å². The Kier molecular flexibility index (Phi) is 5.64. The number of nitrogens with one attached hydrogen (secondary N) is 1. The molecule has 2 aromatic rings. The molecule has 120 valence electrons. The highest BCUT2D eigenvalue weighted by molar-refractivity contribution is 6.36. The summed E-state index contributed by atoms with van der Waals surface area (Å²) in [6.07, 6.45) is 0. The van der Waals surface area contributed by atoms with Gasteiger partial charge in [-0.3, -0.25) is 4.79 Å². The van der Waals surface area contributed by atoms with E-state index in [1.54, 1.807) is 6.07 Å². The van der Waals surface area contributed by atoms with E-state index >= 15 is 0 Å². The summed E-state index contributed by atoms with van der Waals surface area (Å²) >= 11 is 11.7. The number of benzene rings is 2. The van der Waals surface area contributed by atoms with Gasteiger partial charge in [-0.25, -0.2) is 4.79 Å². The highest BCUT2D eigenvalue weighted by Gasteiger charge is 2.14. The summed E-state index contributed by atoms with van der Waals surface area (Å²) in [5.74, 6) is -1.10. The minimum atomic E-state index is -0.678. The van der Waals surface area contributed by atoms with Crippen LogP contribution in [0.2, 0.25) is 10.0 Å². The van der Waals surface area contributed by atoms with E-state index < -0.39 is 18.5 Å². The lowest BCUT2D eigenvalue weighted by atomic mass is 10.1. The van der Waals surface area contributed by atoms with E-state index in [-0.39, 0.29) is 10.6 Å². The molecular weight excluding hydrogens is 337 g/mol. The smallest absolute Gasteiger partial charge is 0.340 e. The van der Waals surface area contributed by atoms with Gasteiger partial charge in [0.1, 0.15) is 0 Å². The molecule has 1 N–H and O–H groups in total. The van der Waals surface area contributed by atoms with Crippen molar-refractivity contribution >= 4 is 40.8 Å². The fourth-order valence-corrected chi connectivity index (χ4v) is 2.42. The summed E-state index contributed by atoms with van der Waals surface area (Å²) in [6.45, 7) is 3.46. The third-order valence-electron chi connectivity index (χ3n) is 3.36. The van der Waals surface area contributed by atoms with Crippen LogP contribution in [0, 0.1) is 13.8 Å². The number of halogens is 2. The van der Waals surface area contributed by atoms with Crippen LogP contribution < -0.4 is 5.32 Å². The Balaban J connectivity index is 1.96. The van der Waals surface area contributed by atoms with Crippen molar-refractivity contribution < 1.29 is 14.3 Å². The number of hydrogen-bond acceptors (Lipinski definition) is 3. The second kappa shape index (κ2) is 7.49. The Morgan fingerprint density at radius 2 is 1.87 bits per heavy atom. The molecule has 0 unspecified atom stereocenters. The summed E-state index contributed by atoms with van der Waals surface area (Å²) in [5.41, 5.74) is 2.88. The summed E-state index contributed by atoms with van der Waals surface area (Å²) < 4.78 is 4.97. The number of anilines is 1. The van der Waals surface area contributed by atoms with Crippen LogP contribution in [-0.2, 0) is 9.53 Å². The molecule has 0 saturated carbocycles. The van der Waals surface area contributed by atoms with E-state index in [0.29, 0.717) is 10.7 Å². The predicted molar refractivity (Wildman–Crippen MR) is 91.3 cm³/mol. The van der Waals surface area contributed by atoms with Crippen LogP contribution >= 0.6 is 23.2 Å². The first-order valence-corrected chi connectivity index (χ1v) is 7.62. The van der Waals surface area contributed by atoms with Crippen molar-refractivity contribution in [2.45, 2.75) is 13.8 Å². The largest absolute Gasteiger partial charge is 0.452 e. The third-order valence-corrected chi connectivity index (χ3v) is 3.91. The standard InChI is InChI=1S/C17H15Cl2NO3/c1-10-4-3-5-15(11(10)2)20-16(21)9-23-17(22)13-7-6-12(18)8-14(13)19/h3-8H,9H2,1-2H3,(H,20,21). The molecule has 6 heteroatoms. The molecule has 0 radical (unpaired) electrons. The van der Waals surface area contributed by atoms with Gasteiger partial charge in [-0.05, 0) is 49.2 Å². The second-order valence-corrected chi connectivity index (χ2v) is 5.84. The average molecular weight is 352 g/mol. The van der Waals surface area contributed by atoms with E-state index in [1.807, 2.05) is 26.0 Å². The summed E-state index contributed by atoms with van der Waals surface area (Å²) in [5, 5.41) is 3.31. The molecule has 0 heterocycles. The van der Waals surface area contributed by atoms with Crippen molar-refractivity contribution in [3.05, 3.63) is 63.1 Å². The van der Waals surface area contributed by atoms with Crippen molar-refractivity contribution in [3.63, 3.8) is 0 Å². The number of amides is 1. The van der Waals surface area contributed by atoms with Crippen LogP contribution in [0.1, 0.15) is 21.5 Å². The number of aryl methyl sites for hydroxylation is 1. The topological polar surface area (TPSA) is 55.4 Å². The van der Waals surface area contributed by atoms with Gasteiger partial charge in [-0.15, -0.1) is 0 Å². The second-order valence-electron chi connectivity index (χ2n) is 5.00. The quantitative estimate of drug-likeness (QED) is 0.830. The van der Waals surface area contributed by atoms with E-state index in [4.69, 9.17) is 27.9 Å². The fraction of sp³-hybridized carbons (Fsp3) is 0.176. The van der Waals surface area contributed by atoms with E-state index in [1.165, 1.54) is 18.2 Å². The first-order chi connectivity index (χ1) is 10.9. The Labute approximate surface area is 144 Å². The minimum absolute atomic E-state index is 0.163. The number of hydrogen-bond donors (Lipinski definition) is 1. The number of esters is 1. The fourth-order valence-electron chi connectivity index (χ4n) is 1.94. The molecule has 0 aromatic heterocycles. The maximum Gasteiger partial charge on any atom is 0.340 e. The van der Waals surface area contributed by atoms with Gasteiger partial charge < -0.3 is 10.1 Å². The molecule has 0 bridgehead atoms. The SMILES string of the molecule is Cc1cccc(NC(=O)COC(=O)c2ccc(Cl)cc2Cl)c1C. The van der Waals surface area contributed by atoms with E-state index in [0.717, 1.165) is 11.1 Å². The Morgan fingerprint density at radius 3 is 2.57 bits per heavy atom. The molecular formula is C17H15Cl2NO3. The first kappa shape index (κ1) is 17.3. The zero-order chi connectivity index (χ0) is 17.0. The molecule has 0 aliphatic rings. The molecule has 0 saturated heterocycles. The molecule has 0 aliphatic heterocycles. The molecule has 1 amide bonds. The van der Waals surface area contributed by atoms with Gasteiger partial charge >= 0.3 is 5.97 Å². The molecule has 0 aliphatic carbocycles. The lowest BCUT2D eigenvalue weighted by Gasteiger charge is -2.11. The molecule has 0 fully saturated rings. The Hall–Kier alpha value is -2.04. The normalized spacial score (nSPS) is 10.3. The zero-order valence-corrected chi connectivity index (χ0v) is 14.2. The van der Waals surface area contributed by atoms with Crippen LogP contribution in [0.15, 0.2) is 36.4 Å².